The monoisotopic (exact) mass is 714 g/mol. The van der Waals surface area contributed by atoms with Crippen LogP contribution < -0.4 is 0 Å². The van der Waals surface area contributed by atoms with Gasteiger partial charge < -0.3 is 4.57 Å². The predicted octanol–water partition coefficient (Wildman–Crippen LogP) is 13.0. The highest BCUT2D eigenvalue weighted by atomic mass is 15.0. The second kappa shape index (κ2) is 12.6. The highest BCUT2D eigenvalue weighted by molar-refractivity contribution is 6.34. The number of hydrogen-bond donors (Lipinski definition) is 0. The van der Waals surface area contributed by atoms with E-state index >= 15 is 0 Å². The van der Waals surface area contributed by atoms with Crippen LogP contribution in [0.25, 0.3) is 105 Å². The van der Waals surface area contributed by atoms with Crippen LogP contribution in [0.2, 0.25) is 0 Å². The zero-order chi connectivity index (χ0) is 48.5. The molecule has 0 saturated heterocycles. The first-order valence-electron chi connectivity index (χ1n) is 24.5. The van der Waals surface area contributed by atoms with Crippen LogP contribution >= 0.6 is 0 Å². The molecule has 0 amide bonds. The van der Waals surface area contributed by atoms with E-state index in [0.29, 0.717) is 5.56 Å². The molecule has 0 aliphatic heterocycles. The standard InChI is InChI=1S/C51H32N4/c1-4-14-33(15-5-1)35-26-28-37(29-27-35)50-52-49(36-18-8-3-9-19-36)53-51(54-50)39-31-44-42-23-11-10-22-41(42)43-24-13-25-45-47(43)48(44)46(32-39)55(45)40-21-12-20-38(30-40)34-16-6-2-7-17-34/h1-32H/i1D,3D,4D,5D,8D,9D,14D,15D,18D,19D,26D,27D,28D,29D. The first-order chi connectivity index (χ1) is 33.1. The number of nitrogens with zero attached hydrogens (tertiary/aromatic N) is 4. The van der Waals surface area contributed by atoms with Crippen LogP contribution in [0.15, 0.2) is 194 Å². The fourth-order valence-corrected chi connectivity index (χ4v) is 7.45. The molecule has 11 aromatic rings. The normalized spacial score (nSPS) is 15.2. The van der Waals surface area contributed by atoms with E-state index in [4.69, 9.17) is 26.4 Å². The molecule has 0 N–H and O–H groups in total. The van der Waals surface area contributed by atoms with Crippen molar-refractivity contribution in [2.24, 2.45) is 0 Å². The van der Waals surface area contributed by atoms with Gasteiger partial charge in [0.1, 0.15) is 0 Å². The van der Waals surface area contributed by atoms with Gasteiger partial charge in [-0.05, 0) is 74.1 Å². The van der Waals surface area contributed by atoms with Crippen LogP contribution in [0.1, 0.15) is 19.2 Å². The third-order valence-electron chi connectivity index (χ3n) is 9.83. The maximum absolute atomic E-state index is 9.30. The van der Waals surface area contributed by atoms with Crippen molar-refractivity contribution in [3.63, 3.8) is 0 Å². The number of hydrogen-bond acceptors (Lipinski definition) is 3. The molecule has 0 radical (unpaired) electrons. The topological polar surface area (TPSA) is 43.6 Å². The van der Waals surface area contributed by atoms with Crippen LogP contribution in [0.3, 0.4) is 0 Å². The molecule has 0 fully saturated rings. The summed E-state index contributed by atoms with van der Waals surface area (Å²) in [6.07, 6.45) is 0. The lowest BCUT2D eigenvalue weighted by molar-refractivity contribution is 1.07. The van der Waals surface area contributed by atoms with E-state index in [1.807, 2.05) is 91.0 Å². The molecule has 4 nitrogen and oxygen atoms in total. The molecule has 256 valence electrons. The van der Waals surface area contributed by atoms with E-state index in [9.17, 15) is 2.74 Å². The highest BCUT2D eigenvalue weighted by Crippen LogP contribution is 2.45. The largest absolute Gasteiger partial charge is 0.309 e. The van der Waals surface area contributed by atoms with Gasteiger partial charge in [0.05, 0.1) is 30.2 Å². The van der Waals surface area contributed by atoms with Gasteiger partial charge in [0, 0.05) is 33.2 Å². The lowest BCUT2D eigenvalue weighted by atomic mass is 9.93. The predicted molar refractivity (Wildman–Crippen MR) is 228 cm³/mol. The third-order valence-corrected chi connectivity index (χ3v) is 9.83. The summed E-state index contributed by atoms with van der Waals surface area (Å²) in [6, 6.07) is 26.2. The molecule has 4 heteroatoms. The Labute approximate surface area is 337 Å². The van der Waals surface area contributed by atoms with E-state index in [2.05, 4.69) is 27.8 Å². The lowest BCUT2D eigenvalue weighted by Crippen LogP contribution is -2.01. The minimum Gasteiger partial charge on any atom is -0.309 e. The summed E-state index contributed by atoms with van der Waals surface area (Å²) in [6.45, 7) is 0. The van der Waals surface area contributed by atoms with Crippen molar-refractivity contribution in [3.8, 4) is 62.1 Å². The van der Waals surface area contributed by atoms with E-state index in [1.54, 1.807) is 0 Å². The van der Waals surface area contributed by atoms with Crippen molar-refractivity contribution < 1.29 is 19.2 Å². The maximum atomic E-state index is 9.30. The molecule has 2 heterocycles. The van der Waals surface area contributed by atoms with E-state index < -0.39 is 118 Å². The van der Waals surface area contributed by atoms with Gasteiger partial charge in [-0.15, -0.1) is 0 Å². The number of benzene rings is 9. The fraction of sp³-hybridized carbons (Fsp3) is 0. The summed E-state index contributed by atoms with van der Waals surface area (Å²) in [7, 11) is 0. The number of fused-ring (bicyclic) bond motifs is 3. The first-order valence-corrected chi connectivity index (χ1v) is 17.5. The minimum absolute atomic E-state index is 0.0929. The fourth-order valence-electron chi connectivity index (χ4n) is 7.45. The van der Waals surface area contributed by atoms with Gasteiger partial charge in [-0.2, -0.15) is 0 Å². The van der Waals surface area contributed by atoms with Crippen molar-refractivity contribution >= 4 is 43.4 Å². The molecule has 0 atom stereocenters. The summed E-state index contributed by atoms with van der Waals surface area (Å²) in [5.41, 5.74) is 2.95. The van der Waals surface area contributed by atoms with Gasteiger partial charge in [-0.3, -0.25) is 0 Å². The summed E-state index contributed by atoms with van der Waals surface area (Å²) < 4.78 is 124. The molecule has 0 unspecified atom stereocenters. The van der Waals surface area contributed by atoms with Crippen molar-refractivity contribution in [2.45, 2.75) is 0 Å². The first kappa shape index (κ1) is 20.1. The Hall–Kier alpha value is -7.43. The van der Waals surface area contributed by atoms with Crippen LogP contribution in [0, 0.1) is 0 Å². The van der Waals surface area contributed by atoms with Crippen LogP contribution in [0.5, 0.6) is 0 Å². The lowest BCUT2D eigenvalue weighted by Gasteiger charge is -2.13. The molecular weight excluding hydrogens is 669 g/mol. The molecule has 0 aliphatic rings. The molecule has 2 aromatic heterocycles. The molecular formula is C51H32N4. The highest BCUT2D eigenvalue weighted by Gasteiger charge is 2.22. The third kappa shape index (κ3) is 5.19. The Morgan fingerprint density at radius 2 is 0.873 bits per heavy atom. The average molecular weight is 715 g/mol. The van der Waals surface area contributed by atoms with E-state index in [1.165, 1.54) is 0 Å². The molecule has 0 aliphatic carbocycles. The van der Waals surface area contributed by atoms with Crippen LogP contribution in [-0.2, 0) is 0 Å². The second-order valence-electron chi connectivity index (χ2n) is 13.0. The van der Waals surface area contributed by atoms with Gasteiger partial charge in [-0.25, -0.2) is 15.0 Å². The van der Waals surface area contributed by atoms with Gasteiger partial charge in [0.2, 0.25) is 0 Å². The van der Waals surface area contributed by atoms with Gasteiger partial charge in [0.15, 0.2) is 17.5 Å². The van der Waals surface area contributed by atoms with E-state index in [-0.39, 0.29) is 5.82 Å². The Morgan fingerprint density at radius 3 is 1.60 bits per heavy atom. The molecule has 9 aromatic carbocycles. The number of aromatic nitrogens is 4. The van der Waals surface area contributed by atoms with Crippen molar-refractivity contribution in [2.75, 3.05) is 0 Å². The Kier molecular flexibility index (Phi) is 4.62. The zero-order valence-electron chi connectivity index (χ0n) is 42.7. The van der Waals surface area contributed by atoms with Crippen LogP contribution in [-0.4, -0.2) is 19.5 Å². The summed E-state index contributed by atoms with van der Waals surface area (Å²) >= 11 is 0. The van der Waals surface area contributed by atoms with Crippen LogP contribution in [0.4, 0.5) is 0 Å². The molecule has 0 bridgehead atoms. The number of rotatable bonds is 6. The molecule has 55 heavy (non-hydrogen) atoms. The summed E-state index contributed by atoms with van der Waals surface area (Å²) in [5.74, 6) is -0.949. The molecule has 0 spiro atoms. The SMILES string of the molecule is [2H]c1c([2H])c([2H])c(-c2nc(-c3cc4c5ccccc5c5cccc6c5c4c(c3)n6-c3cccc(-c4ccccc4)c3)nc(-c3c([2H])c([2H])c(-c4c([2H])c([2H])c([2H])c([2H])c4[2H])c([2H])c3[2H])n2)c([2H])c1[2H]. The van der Waals surface area contributed by atoms with E-state index in [0.717, 1.165) is 60.2 Å². The maximum Gasteiger partial charge on any atom is 0.164 e. The Morgan fingerprint density at radius 1 is 0.345 bits per heavy atom. The van der Waals surface area contributed by atoms with Gasteiger partial charge in [0.25, 0.3) is 0 Å². The summed E-state index contributed by atoms with van der Waals surface area (Å²) in [5, 5.41) is 5.69. The van der Waals surface area contributed by atoms with Crippen molar-refractivity contribution in [1.82, 2.24) is 19.5 Å². The van der Waals surface area contributed by atoms with Gasteiger partial charge in [-0.1, -0.05) is 163 Å². The quantitative estimate of drug-likeness (QED) is 0.161. The Bertz CT molecular complexity index is 3940. The summed E-state index contributed by atoms with van der Waals surface area (Å²) in [4.78, 5) is 14.2. The molecule has 0 saturated carbocycles. The second-order valence-corrected chi connectivity index (χ2v) is 13.0. The minimum atomic E-state index is -0.753. The molecule has 11 rings (SSSR count). The zero-order valence-corrected chi connectivity index (χ0v) is 28.7. The average Bonchev–Trinajstić information content (AvgIpc) is 3.71. The van der Waals surface area contributed by atoms with Gasteiger partial charge >= 0.3 is 0 Å². The van der Waals surface area contributed by atoms with Crippen molar-refractivity contribution in [1.29, 1.82) is 0 Å². The Balaban J connectivity index is 1.24. The van der Waals surface area contributed by atoms with Crippen molar-refractivity contribution in [3.05, 3.63) is 194 Å². The smallest absolute Gasteiger partial charge is 0.164 e.